The van der Waals surface area contributed by atoms with E-state index in [1.54, 1.807) is 25.1 Å². The summed E-state index contributed by atoms with van der Waals surface area (Å²) in [7, 11) is 0. The van der Waals surface area contributed by atoms with Gasteiger partial charge in [-0.15, -0.1) is 0 Å². The summed E-state index contributed by atoms with van der Waals surface area (Å²) >= 11 is 0. The summed E-state index contributed by atoms with van der Waals surface area (Å²) < 4.78 is 13.3. The van der Waals surface area contributed by atoms with Crippen LogP contribution < -0.4 is 5.32 Å². The van der Waals surface area contributed by atoms with Crippen molar-refractivity contribution in [3.8, 4) is 0 Å². The molecule has 0 spiro atoms. The van der Waals surface area contributed by atoms with Gasteiger partial charge in [0.25, 0.3) is 5.69 Å². The van der Waals surface area contributed by atoms with Crippen LogP contribution >= 0.6 is 0 Å². The SMILES string of the molecule is CCC(C)NC(=O)C(C)N(Cc1ccc(F)cc1)C(=O)Cc1ccccc1[N+](=O)[O-]. The van der Waals surface area contributed by atoms with Crippen LogP contribution in [0, 0.1) is 15.9 Å². The molecule has 0 aliphatic carbocycles. The molecule has 2 amide bonds. The minimum absolute atomic E-state index is 0.0575. The van der Waals surface area contributed by atoms with Gasteiger partial charge in [0, 0.05) is 24.2 Å². The second-order valence-corrected chi connectivity index (χ2v) is 7.20. The Labute approximate surface area is 175 Å². The van der Waals surface area contributed by atoms with Gasteiger partial charge >= 0.3 is 0 Å². The molecule has 1 N–H and O–H groups in total. The molecule has 0 aromatic heterocycles. The predicted octanol–water partition coefficient (Wildman–Crippen LogP) is 3.61. The third kappa shape index (κ3) is 6.10. The highest BCUT2D eigenvalue weighted by Gasteiger charge is 2.28. The van der Waals surface area contributed by atoms with Crippen molar-refractivity contribution in [2.75, 3.05) is 0 Å². The second kappa shape index (κ2) is 10.5. The van der Waals surface area contributed by atoms with E-state index in [0.717, 1.165) is 6.42 Å². The zero-order valence-electron chi connectivity index (χ0n) is 17.3. The van der Waals surface area contributed by atoms with E-state index < -0.39 is 22.7 Å². The minimum Gasteiger partial charge on any atom is -0.352 e. The minimum atomic E-state index is -0.806. The molecule has 2 rings (SSSR count). The molecule has 0 aliphatic heterocycles. The lowest BCUT2D eigenvalue weighted by Gasteiger charge is -2.29. The third-order valence-corrected chi connectivity index (χ3v) is 4.96. The highest BCUT2D eigenvalue weighted by atomic mass is 19.1. The fraction of sp³-hybridized carbons (Fsp3) is 0.364. The van der Waals surface area contributed by atoms with E-state index in [4.69, 9.17) is 0 Å². The Bertz CT molecular complexity index is 902. The predicted molar refractivity (Wildman–Crippen MR) is 111 cm³/mol. The van der Waals surface area contributed by atoms with Crippen molar-refractivity contribution in [3.63, 3.8) is 0 Å². The van der Waals surface area contributed by atoms with Crippen molar-refractivity contribution in [1.82, 2.24) is 10.2 Å². The maximum atomic E-state index is 13.3. The quantitative estimate of drug-likeness (QED) is 0.500. The van der Waals surface area contributed by atoms with E-state index in [0.29, 0.717) is 5.56 Å². The summed E-state index contributed by atoms with van der Waals surface area (Å²) in [6.45, 7) is 5.49. The van der Waals surface area contributed by atoms with Crippen molar-refractivity contribution in [3.05, 3.63) is 75.6 Å². The first-order chi connectivity index (χ1) is 14.2. The smallest absolute Gasteiger partial charge is 0.273 e. The van der Waals surface area contributed by atoms with Crippen LogP contribution in [0.3, 0.4) is 0 Å². The fourth-order valence-electron chi connectivity index (χ4n) is 2.94. The zero-order chi connectivity index (χ0) is 22.3. The number of hydrogen-bond acceptors (Lipinski definition) is 4. The molecule has 2 aromatic rings. The molecular formula is C22H26FN3O4. The van der Waals surface area contributed by atoms with E-state index in [1.807, 2.05) is 13.8 Å². The summed E-state index contributed by atoms with van der Waals surface area (Å²) in [4.78, 5) is 37.9. The molecule has 7 nitrogen and oxygen atoms in total. The number of amides is 2. The largest absolute Gasteiger partial charge is 0.352 e. The first-order valence-electron chi connectivity index (χ1n) is 9.79. The summed E-state index contributed by atoms with van der Waals surface area (Å²) in [5.41, 5.74) is 0.769. The van der Waals surface area contributed by atoms with Crippen LogP contribution in [0.1, 0.15) is 38.3 Å². The molecule has 2 unspecified atom stereocenters. The van der Waals surface area contributed by atoms with E-state index in [9.17, 15) is 24.1 Å². The summed E-state index contributed by atoms with van der Waals surface area (Å²) in [6.07, 6.45) is 0.514. The maximum absolute atomic E-state index is 13.3. The Balaban J connectivity index is 2.29. The molecule has 0 bridgehead atoms. The van der Waals surface area contributed by atoms with Gasteiger partial charge in [-0.05, 0) is 38.0 Å². The molecular weight excluding hydrogens is 389 g/mol. The van der Waals surface area contributed by atoms with E-state index in [1.165, 1.54) is 35.2 Å². The van der Waals surface area contributed by atoms with Crippen LogP contribution in [0.25, 0.3) is 0 Å². The lowest BCUT2D eigenvalue weighted by molar-refractivity contribution is -0.385. The Morgan fingerprint density at radius 3 is 2.37 bits per heavy atom. The number of nitro groups is 1. The monoisotopic (exact) mass is 415 g/mol. The molecule has 0 fully saturated rings. The van der Waals surface area contributed by atoms with Crippen LogP contribution in [0.15, 0.2) is 48.5 Å². The number of hydrogen-bond donors (Lipinski definition) is 1. The number of rotatable bonds is 9. The molecule has 2 atom stereocenters. The maximum Gasteiger partial charge on any atom is 0.273 e. The lowest BCUT2D eigenvalue weighted by atomic mass is 10.1. The first-order valence-corrected chi connectivity index (χ1v) is 9.79. The molecule has 160 valence electrons. The van der Waals surface area contributed by atoms with Gasteiger partial charge in [-0.1, -0.05) is 37.3 Å². The Morgan fingerprint density at radius 2 is 1.77 bits per heavy atom. The summed E-state index contributed by atoms with van der Waals surface area (Å²) in [5, 5.41) is 14.1. The summed E-state index contributed by atoms with van der Waals surface area (Å²) in [5.74, 6) is -1.15. The van der Waals surface area contributed by atoms with Crippen molar-refractivity contribution in [2.24, 2.45) is 0 Å². The molecule has 0 heterocycles. The van der Waals surface area contributed by atoms with E-state index in [-0.39, 0.29) is 36.2 Å². The van der Waals surface area contributed by atoms with Crippen molar-refractivity contribution in [2.45, 2.75) is 52.2 Å². The molecule has 0 saturated carbocycles. The average molecular weight is 415 g/mol. The van der Waals surface area contributed by atoms with Gasteiger partial charge in [-0.2, -0.15) is 0 Å². The van der Waals surface area contributed by atoms with E-state index >= 15 is 0 Å². The average Bonchev–Trinajstić information content (AvgIpc) is 2.72. The molecule has 2 aromatic carbocycles. The standard InChI is InChI=1S/C22H26FN3O4/c1-4-15(2)24-22(28)16(3)25(14-17-9-11-19(23)12-10-17)21(27)13-18-7-5-6-8-20(18)26(29)30/h5-12,15-16H,4,13-14H2,1-3H3,(H,24,28). The van der Waals surface area contributed by atoms with E-state index in [2.05, 4.69) is 5.32 Å². The van der Waals surface area contributed by atoms with Crippen LogP contribution in [0.5, 0.6) is 0 Å². The summed E-state index contributed by atoms with van der Waals surface area (Å²) in [6, 6.07) is 10.8. The van der Waals surface area contributed by atoms with Gasteiger partial charge in [-0.25, -0.2) is 4.39 Å². The number of nitrogens with zero attached hydrogens (tertiary/aromatic N) is 2. The third-order valence-electron chi connectivity index (χ3n) is 4.96. The van der Waals surface area contributed by atoms with Crippen LogP contribution in [-0.4, -0.2) is 33.7 Å². The number of nitro benzene ring substituents is 1. The number of carbonyl (C=O) groups excluding carboxylic acids is 2. The molecule has 30 heavy (non-hydrogen) atoms. The molecule has 8 heteroatoms. The van der Waals surface area contributed by atoms with Crippen LogP contribution in [-0.2, 0) is 22.6 Å². The lowest BCUT2D eigenvalue weighted by Crippen LogP contribution is -2.49. The topological polar surface area (TPSA) is 92.6 Å². The Kier molecular flexibility index (Phi) is 8.03. The van der Waals surface area contributed by atoms with Crippen LogP contribution in [0.4, 0.5) is 10.1 Å². The number of para-hydroxylation sites is 1. The fourth-order valence-corrected chi connectivity index (χ4v) is 2.94. The van der Waals surface area contributed by atoms with Gasteiger partial charge in [0.1, 0.15) is 11.9 Å². The van der Waals surface area contributed by atoms with Gasteiger partial charge in [0.15, 0.2) is 0 Å². The Hall–Kier alpha value is -3.29. The first kappa shape index (κ1) is 23.0. The highest BCUT2D eigenvalue weighted by molar-refractivity contribution is 5.88. The number of benzene rings is 2. The van der Waals surface area contributed by atoms with Crippen molar-refractivity contribution >= 4 is 17.5 Å². The van der Waals surface area contributed by atoms with Gasteiger partial charge in [0.05, 0.1) is 11.3 Å². The van der Waals surface area contributed by atoms with Crippen LogP contribution in [0.2, 0.25) is 0 Å². The molecule has 0 aliphatic rings. The van der Waals surface area contributed by atoms with Crippen molar-refractivity contribution in [1.29, 1.82) is 0 Å². The number of halogens is 1. The molecule has 0 saturated heterocycles. The van der Waals surface area contributed by atoms with Gasteiger partial charge in [0.2, 0.25) is 11.8 Å². The second-order valence-electron chi connectivity index (χ2n) is 7.20. The zero-order valence-corrected chi connectivity index (χ0v) is 17.3. The Morgan fingerprint density at radius 1 is 1.13 bits per heavy atom. The van der Waals surface area contributed by atoms with Gasteiger partial charge in [-0.3, -0.25) is 19.7 Å². The normalized spacial score (nSPS) is 12.7. The number of nitrogens with one attached hydrogen (secondary N) is 1. The molecule has 0 radical (unpaired) electrons. The van der Waals surface area contributed by atoms with Gasteiger partial charge < -0.3 is 10.2 Å². The highest BCUT2D eigenvalue weighted by Crippen LogP contribution is 2.20. The van der Waals surface area contributed by atoms with Crippen molar-refractivity contribution < 1.29 is 18.9 Å². The number of carbonyl (C=O) groups is 2.